The summed E-state index contributed by atoms with van der Waals surface area (Å²) < 4.78 is 11.7. The van der Waals surface area contributed by atoms with Crippen molar-refractivity contribution in [3.63, 3.8) is 0 Å². The molecule has 0 bridgehead atoms. The Morgan fingerprint density at radius 3 is 2.76 bits per heavy atom. The third-order valence-corrected chi connectivity index (χ3v) is 2.66. The van der Waals surface area contributed by atoms with Crippen LogP contribution in [0.2, 0.25) is 0 Å². The van der Waals surface area contributed by atoms with Crippen LogP contribution in [0.5, 0.6) is 0 Å². The van der Waals surface area contributed by atoms with Crippen molar-refractivity contribution >= 4 is 16.7 Å². The van der Waals surface area contributed by atoms with Crippen molar-refractivity contribution in [3.05, 3.63) is 28.7 Å². The summed E-state index contributed by atoms with van der Waals surface area (Å²) in [7, 11) is 3.07. The molecular weight excluding hydrogens is 222 g/mol. The summed E-state index contributed by atoms with van der Waals surface area (Å²) in [6.07, 6.45) is -0.454. The van der Waals surface area contributed by atoms with E-state index in [0.717, 1.165) is 5.52 Å². The van der Waals surface area contributed by atoms with E-state index in [9.17, 15) is 4.79 Å². The first-order chi connectivity index (χ1) is 8.15. The van der Waals surface area contributed by atoms with E-state index in [1.165, 1.54) is 14.2 Å². The van der Waals surface area contributed by atoms with Crippen molar-refractivity contribution in [2.75, 3.05) is 20.0 Å². The van der Waals surface area contributed by atoms with Gasteiger partial charge in [0.05, 0.1) is 17.6 Å². The van der Waals surface area contributed by atoms with E-state index in [-0.39, 0.29) is 5.69 Å². The average Bonchev–Trinajstić information content (AvgIpc) is 2.61. The van der Waals surface area contributed by atoms with E-state index in [1.54, 1.807) is 22.8 Å². The minimum Gasteiger partial charge on any atom is -0.399 e. The molecule has 0 aliphatic heterocycles. The van der Waals surface area contributed by atoms with Gasteiger partial charge in [0.15, 0.2) is 6.29 Å². The minimum absolute atomic E-state index is 0.204. The third-order valence-electron chi connectivity index (χ3n) is 2.66. The number of aromatic amines is 1. The fourth-order valence-corrected chi connectivity index (χ4v) is 1.76. The van der Waals surface area contributed by atoms with E-state index >= 15 is 0 Å². The zero-order chi connectivity index (χ0) is 12.4. The molecule has 0 spiro atoms. The molecule has 1 aromatic heterocycles. The zero-order valence-corrected chi connectivity index (χ0v) is 9.77. The normalized spacial score (nSPS) is 11.5. The van der Waals surface area contributed by atoms with Crippen LogP contribution in [0.15, 0.2) is 23.0 Å². The molecule has 0 aliphatic rings. The largest absolute Gasteiger partial charge is 0.399 e. The van der Waals surface area contributed by atoms with Gasteiger partial charge in [0.25, 0.3) is 0 Å². The second kappa shape index (κ2) is 4.60. The Kier molecular flexibility index (Phi) is 3.16. The van der Waals surface area contributed by atoms with Crippen LogP contribution in [0, 0.1) is 0 Å². The molecule has 17 heavy (non-hydrogen) atoms. The van der Waals surface area contributed by atoms with Crippen molar-refractivity contribution in [3.8, 4) is 0 Å². The lowest BCUT2D eigenvalue weighted by Gasteiger charge is -2.13. The van der Waals surface area contributed by atoms with Crippen LogP contribution in [-0.4, -0.2) is 30.1 Å². The fourth-order valence-electron chi connectivity index (χ4n) is 1.76. The lowest BCUT2D eigenvalue weighted by Crippen LogP contribution is -2.27. The van der Waals surface area contributed by atoms with Gasteiger partial charge < -0.3 is 20.2 Å². The number of hydrogen-bond acceptors (Lipinski definition) is 4. The highest BCUT2D eigenvalue weighted by atomic mass is 16.7. The summed E-state index contributed by atoms with van der Waals surface area (Å²) >= 11 is 0. The van der Waals surface area contributed by atoms with E-state index in [2.05, 4.69) is 4.98 Å². The summed E-state index contributed by atoms with van der Waals surface area (Å²) in [4.78, 5) is 14.5. The highest BCUT2D eigenvalue weighted by molar-refractivity contribution is 5.78. The van der Waals surface area contributed by atoms with Crippen molar-refractivity contribution < 1.29 is 9.47 Å². The number of aromatic nitrogens is 2. The van der Waals surface area contributed by atoms with Gasteiger partial charge in [-0.2, -0.15) is 0 Å². The molecule has 3 N–H and O–H groups in total. The van der Waals surface area contributed by atoms with Gasteiger partial charge in [-0.05, 0) is 18.2 Å². The number of hydrogen-bond donors (Lipinski definition) is 2. The number of nitrogen functional groups attached to an aromatic ring is 1. The number of anilines is 1. The van der Waals surface area contributed by atoms with Crippen LogP contribution in [0.25, 0.3) is 11.0 Å². The number of nitrogens with zero attached hydrogens (tertiary/aromatic N) is 1. The molecule has 2 rings (SSSR count). The zero-order valence-electron chi connectivity index (χ0n) is 9.77. The quantitative estimate of drug-likeness (QED) is 0.600. The molecule has 0 radical (unpaired) electrons. The molecule has 2 aromatic rings. The Balaban J connectivity index is 2.46. The molecule has 6 heteroatoms. The second-order valence-electron chi connectivity index (χ2n) is 3.72. The van der Waals surface area contributed by atoms with E-state index in [0.29, 0.717) is 17.7 Å². The van der Waals surface area contributed by atoms with Crippen molar-refractivity contribution in [2.24, 2.45) is 0 Å². The average molecular weight is 237 g/mol. The lowest BCUT2D eigenvalue weighted by molar-refractivity contribution is -0.110. The SMILES string of the molecule is COC(Cn1c(=O)[nH]c2cc(N)ccc21)OC. The summed E-state index contributed by atoms with van der Waals surface area (Å²) in [6.45, 7) is 0.329. The maximum absolute atomic E-state index is 11.8. The Morgan fingerprint density at radius 1 is 1.41 bits per heavy atom. The first kappa shape index (κ1) is 11.7. The summed E-state index contributed by atoms with van der Waals surface area (Å²) in [5.74, 6) is 0. The number of nitrogens with one attached hydrogen (secondary N) is 1. The van der Waals surface area contributed by atoms with Gasteiger partial charge in [-0.1, -0.05) is 0 Å². The van der Waals surface area contributed by atoms with Crippen LogP contribution in [0.4, 0.5) is 5.69 Å². The van der Waals surface area contributed by atoms with Gasteiger partial charge >= 0.3 is 5.69 Å². The number of imidazole rings is 1. The van der Waals surface area contributed by atoms with Crippen LogP contribution in [0.1, 0.15) is 0 Å². The van der Waals surface area contributed by atoms with Gasteiger partial charge in [0.1, 0.15) is 0 Å². The molecule has 0 saturated heterocycles. The Morgan fingerprint density at radius 2 is 2.12 bits per heavy atom. The summed E-state index contributed by atoms with van der Waals surface area (Å²) in [6, 6.07) is 5.27. The van der Waals surface area contributed by atoms with E-state index < -0.39 is 6.29 Å². The highest BCUT2D eigenvalue weighted by Gasteiger charge is 2.12. The molecule has 0 unspecified atom stereocenters. The number of fused-ring (bicyclic) bond motifs is 1. The standard InChI is InChI=1S/C11H15N3O3/c1-16-10(17-2)6-14-9-4-3-7(12)5-8(9)13-11(14)15/h3-5,10H,6,12H2,1-2H3,(H,13,15). The van der Waals surface area contributed by atoms with Crippen molar-refractivity contribution in [1.29, 1.82) is 0 Å². The predicted octanol–water partition coefficient (Wildman–Crippen LogP) is 0.531. The van der Waals surface area contributed by atoms with Crippen LogP contribution in [-0.2, 0) is 16.0 Å². The Labute approximate surface area is 97.9 Å². The fraction of sp³-hybridized carbons (Fsp3) is 0.364. The molecule has 0 saturated carbocycles. The van der Waals surface area contributed by atoms with Crippen LogP contribution < -0.4 is 11.4 Å². The first-order valence-electron chi connectivity index (χ1n) is 5.19. The predicted molar refractivity (Wildman–Crippen MR) is 64.8 cm³/mol. The molecule has 0 amide bonds. The molecule has 0 aliphatic carbocycles. The Hall–Kier alpha value is -1.79. The van der Waals surface area contributed by atoms with Gasteiger partial charge in [0, 0.05) is 19.9 Å². The molecule has 1 aromatic carbocycles. The van der Waals surface area contributed by atoms with Gasteiger partial charge in [-0.3, -0.25) is 4.57 Å². The maximum atomic E-state index is 11.8. The minimum atomic E-state index is -0.454. The summed E-state index contributed by atoms with van der Waals surface area (Å²) in [5, 5.41) is 0. The topological polar surface area (TPSA) is 82.3 Å². The van der Waals surface area contributed by atoms with Crippen molar-refractivity contribution in [1.82, 2.24) is 9.55 Å². The third kappa shape index (κ3) is 2.17. The van der Waals surface area contributed by atoms with E-state index in [1.807, 2.05) is 0 Å². The van der Waals surface area contributed by atoms with Gasteiger partial charge in [-0.15, -0.1) is 0 Å². The molecule has 0 fully saturated rings. The number of benzene rings is 1. The number of methoxy groups -OCH3 is 2. The van der Waals surface area contributed by atoms with Gasteiger partial charge in [-0.25, -0.2) is 4.79 Å². The second-order valence-corrected chi connectivity index (χ2v) is 3.72. The Bertz CT molecular complexity index is 569. The molecule has 92 valence electrons. The highest BCUT2D eigenvalue weighted by Crippen LogP contribution is 2.14. The first-order valence-corrected chi connectivity index (χ1v) is 5.19. The monoisotopic (exact) mass is 237 g/mol. The number of H-pyrrole nitrogens is 1. The smallest absolute Gasteiger partial charge is 0.326 e. The van der Waals surface area contributed by atoms with Gasteiger partial charge in [0.2, 0.25) is 0 Å². The molecular formula is C11H15N3O3. The van der Waals surface area contributed by atoms with E-state index in [4.69, 9.17) is 15.2 Å². The maximum Gasteiger partial charge on any atom is 0.326 e. The number of rotatable bonds is 4. The van der Waals surface area contributed by atoms with Crippen LogP contribution >= 0.6 is 0 Å². The number of nitrogens with two attached hydrogens (primary N) is 1. The molecule has 6 nitrogen and oxygen atoms in total. The molecule has 0 atom stereocenters. The lowest BCUT2D eigenvalue weighted by atomic mass is 10.3. The molecule has 1 heterocycles. The van der Waals surface area contributed by atoms with Crippen LogP contribution in [0.3, 0.4) is 0 Å². The number of ether oxygens (including phenoxy) is 2. The van der Waals surface area contributed by atoms with Crippen molar-refractivity contribution in [2.45, 2.75) is 12.8 Å². The summed E-state index contributed by atoms with van der Waals surface area (Å²) in [5.41, 5.74) is 7.55.